The van der Waals surface area contributed by atoms with Gasteiger partial charge in [-0.05, 0) is 18.2 Å². The van der Waals surface area contributed by atoms with Gasteiger partial charge in [0.25, 0.3) is 0 Å². The second kappa shape index (κ2) is 4.91. The maximum atomic E-state index is 13.5. The normalized spacial score (nSPS) is 14.8. The van der Waals surface area contributed by atoms with Crippen LogP contribution in [0.4, 0.5) is 18.9 Å². The number of alkyl halides is 3. The molecule has 0 unspecified atom stereocenters. The van der Waals surface area contributed by atoms with Crippen molar-refractivity contribution in [3.8, 4) is 11.5 Å². The summed E-state index contributed by atoms with van der Waals surface area (Å²) < 4.78 is 45.7. The lowest BCUT2D eigenvalue weighted by atomic mass is 10.0. The molecule has 1 N–H and O–H groups in total. The number of nitrogens with one attached hydrogen (secondary N) is 1. The number of carbonyl (C=O) groups excluding carboxylic acids is 2. The molecule has 4 rings (SSSR count). The predicted molar refractivity (Wildman–Crippen MR) is 79.9 cm³/mol. The summed E-state index contributed by atoms with van der Waals surface area (Å²) in [6.07, 6.45) is -3.73. The number of Topliss-reactive ketones (excluding diaryl/α,β-unsaturated/α-hetero) is 1. The van der Waals surface area contributed by atoms with Gasteiger partial charge in [0.1, 0.15) is 10.5 Å². The summed E-state index contributed by atoms with van der Waals surface area (Å²) in [5.41, 5.74) is -1.06. The second-order valence-electron chi connectivity index (χ2n) is 5.16. The summed E-state index contributed by atoms with van der Waals surface area (Å²) in [5, 5.41) is 2.10. The third-order valence-electron chi connectivity index (χ3n) is 3.58. The minimum absolute atomic E-state index is 0.0113. The van der Waals surface area contributed by atoms with Crippen molar-refractivity contribution in [3.63, 3.8) is 0 Å². The van der Waals surface area contributed by atoms with Crippen LogP contribution in [0.5, 0.6) is 0 Å². The molecule has 1 aliphatic rings. The van der Waals surface area contributed by atoms with Crippen LogP contribution >= 0.6 is 11.3 Å². The van der Waals surface area contributed by atoms with E-state index in [0.29, 0.717) is 0 Å². The number of fused-ring (bicyclic) bond motifs is 3. The van der Waals surface area contributed by atoms with E-state index in [1.807, 2.05) is 0 Å². The molecule has 0 saturated carbocycles. The van der Waals surface area contributed by atoms with Crippen LogP contribution in [0.2, 0.25) is 0 Å². The van der Waals surface area contributed by atoms with Crippen molar-refractivity contribution in [2.45, 2.75) is 12.6 Å². The molecule has 1 amide bonds. The van der Waals surface area contributed by atoms with E-state index >= 15 is 0 Å². The highest BCUT2D eigenvalue weighted by molar-refractivity contribution is 7.21. The summed E-state index contributed by atoms with van der Waals surface area (Å²) in [4.78, 5) is 27.8. The van der Waals surface area contributed by atoms with Crippen LogP contribution in [-0.2, 0) is 11.0 Å². The van der Waals surface area contributed by atoms with E-state index < -0.39 is 23.4 Å². The Kier molecular flexibility index (Phi) is 3.04. The Labute approximate surface area is 136 Å². The Morgan fingerprint density at radius 3 is 2.75 bits per heavy atom. The van der Waals surface area contributed by atoms with Gasteiger partial charge in [-0.2, -0.15) is 13.2 Å². The molecule has 0 radical (unpaired) electrons. The largest absolute Gasteiger partial charge is 0.463 e. The third kappa shape index (κ3) is 2.20. The Bertz CT molecular complexity index is 990. The molecule has 1 aliphatic heterocycles. The van der Waals surface area contributed by atoms with E-state index in [1.165, 1.54) is 18.4 Å². The van der Waals surface area contributed by atoms with Crippen molar-refractivity contribution in [1.82, 2.24) is 4.98 Å². The van der Waals surface area contributed by atoms with E-state index in [2.05, 4.69) is 10.3 Å². The van der Waals surface area contributed by atoms with Gasteiger partial charge in [0.2, 0.25) is 5.91 Å². The van der Waals surface area contributed by atoms with Crippen molar-refractivity contribution in [1.29, 1.82) is 0 Å². The molecule has 0 atom stereocenters. The molecule has 0 aliphatic carbocycles. The van der Waals surface area contributed by atoms with Gasteiger partial charge >= 0.3 is 6.18 Å². The van der Waals surface area contributed by atoms with E-state index in [1.54, 1.807) is 0 Å². The Hall–Kier alpha value is -2.68. The molecule has 0 saturated heterocycles. The molecule has 3 aromatic rings. The molecular formula is C15H7F3N2O3S. The maximum Gasteiger partial charge on any atom is 0.417 e. The SMILES string of the molecule is O=C1CC(=O)c2sc3nc(-c4ccco4)cc(C(F)(F)F)c3c2N1. The number of pyridine rings is 1. The van der Waals surface area contributed by atoms with Gasteiger partial charge in [-0.25, -0.2) is 4.98 Å². The Balaban J connectivity index is 2.07. The molecule has 5 nitrogen and oxygen atoms in total. The van der Waals surface area contributed by atoms with Crippen molar-refractivity contribution in [2.75, 3.05) is 5.32 Å². The van der Waals surface area contributed by atoms with Crippen LogP contribution < -0.4 is 5.32 Å². The number of carbonyl (C=O) groups is 2. The summed E-state index contributed by atoms with van der Waals surface area (Å²) >= 11 is 0.835. The number of furan rings is 1. The lowest BCUT2D eigenvalue weighted by molar-refractivity contribution is -0.136. The van der Waals surface area contributed by atoms with E-state index in [0.717, 1.165) is 17.4 Å². The number of hydrogen-bond donors (Lipinski definition) is 1. The van der Waals surface area contributed by atoms with E-state index in [4.69, 9.17) is 4.42 Å². The predicted octanol–water partition coefficient (Wildman–Crippen LogP) is 4.10. The fourth-order valence-electron chi connectivity index (χ4n) is 2.60. The molecule has 0 bridgehead atoms. The average molecular weight is 352 g/mol. The number of rotatable bonds is 1. The van der Waals surface area contributed by atoms with Gasteiger partial charge in [0.05, 0.1) is 28.8 Å². The number of thiophene rings is 1. The standard InChI is InChI=1S/C15H7F3N2O3S/c16-15(17,18)6-4-7(9-2-1-3-23-9)19-14-11(6)12-13(24-14)8(21)5-10(22)20-12/h1-4H,5H2,(H,20,22). The van der Waals surface area contributed by atoms with Gasteiger partial charge in [-0.1, -0.05) is 0 Å². The fraction of sp³-hybridized carbons (Fsp3) is 0.133. The first-order chi connectivity index (χ1) is 11.3. The molecule has 0 aromatic carbocycles. The summed E-state index contributed by atoms with van der Waals surface area (Å²) in [7, 11) is 0. The number of amides is 1. The highest BCUT2D eigenvalue weighted by atomic mass is 32.1. The van der Waals surface area contributed by atoms with E-state index in [9.17, 15) is 22.8 Å². The van der Waals surface area contributed by atoms with Crippen LogP contribution in [0.15, 0.2) is 28.9 Å². The van der Waals surface area contributed by atoms with Crippen molar-refractivity contribution in [2.24, 2.45) is 0 Å². The van der Waals surface area contributed by atoms with Crippen molar-refractivity contribution < 1.29 is 27.2 Å². The first-order valence-electron chi connectivity index (χ1n) is 6.76. The van der Waals surface area contributed by atoms with Gasteiger partial charge in [0, 0.05) is 5.39 Å². The molecule has 4 heterocycles. The molecule has 0 spiro atoms. The number of anilines is 1. The topological polar surface area (TPSA) is 72.2 Å². The zero-order valence-electron chi connectivity index (χ0n) is 11.7. The monoisotopic (exact) mass is 352 g/mol. The smallest absolute Gasteiger partial charge is 0.417 e. The minimum atomic E-state index is -4.68. The van der Waals surface area contributed by atoms with Gasteiger partial charge in [-0.15, -0.1) is 11.3 Å². The average Bonchev–Trinajstić information content (AvgIpc) is 3.12. The number of ketones is 1. The van der Waals surface area contributed by atoms with Crippen molar-refractivity contribution >= 4 is 38.9 Å². The van der Waals surface area contributed by atoms with E-state index in [-0.39, 0.29) is 38.7 Å². The van der Waals surface area contributed by atoms with Gasteiger partial charge in [0.15, 0.2) is 11.5 Å². The lowest BCUT2D eigenvalue weighted by Crippen LogP contribution is -2.22. The van der Waals surface area contributed by atoms with Crippen LogP contribution in [-0.4, -0.2) is 16.7 Å². The number of halogens is 3. The molecule has 0 fully saturated rings. The van der Waals surface area contributed by atoms with Crippen LogP contribution in [0, 0.1) is 0 Å². The quantitative estimate of drug-likeness (QED) is 0.669. The molecule has 9 heteroatoms. The first-order valence-corrected chi connectivity index (χ1v) is 7.58. The lowest BCUT2D eigenvalue weighted by Gasteiger charge is -2.14. The zero-order chi connectivity index (χ0) is 17.1. The number of hydrogen-bond acceptors (Lipinski definition) is 5. The number of aromatic nitrogens is 1. The molecular weight excluding hydrogens is 345 g/mol. The molecule has 3 aromatic heterocycles. The Morgan fingerprint density at radius 1 is 1.29 bits per heavy atom. The fourth-order valence-corrected chi connectivity index (χ4v) is 3.69. The summed E-state index contributed by atoms with van der Waals surface area (Å²) in [5.74, 6) is -0.955. The summed E-state index contributed by atoms with van der Waals surface area (Å²) in [6, 6.07) is 3.89. The molecule has 24 heavy (non-hydrogen) atoms. The van der Waals surface area contributed by atoms with Crippen LogP contribution in [0.1, 0.15) is 21.7 Å². The first kappa shape index (κ1) is 14.9. The zero-order valence-corrected chi connectivity index (χ0v) is 12.5. The number of nitrogens with zero attached hydrogens (tertiary/aromatic N) is 1. The van der Waals surface area contributed by atoms with Crippen LogP contribution in [0.25, 0.3) is 21.7 Å². The summed E-state index contributed by atoms with van der Waals surface area (Å²) in [6.45, 7) is 0. The highest BCUT2D eigenvalue weighted by Crippen LogP contribution is 2.45. The van der Waals surface area contributed by atoms with Crippen LogP contribution in [0.3, 0.4) is 0 Å². The Morgan fingerprint density at radius 2 is 2.08 bits per heavy atom. The van der Waals surface area contributed by atoms with Crippen molar-refractivity contribution in [3.05, 3.63) is 34.9 Å². The van der Waals surface area contributed by atoms with Gasteiger partial charge < -0.3 is 9.73 Å². The minimum Gasteiger partial charge on any atom is -0.463 e. The van der Waals surface area contributed by atoms with Gasteiger partial charge in [-0.3, -0.25) is 9.59 Å². The third-order valence-corrected chi connectivity index (χ3v) is 4.70. The maximum absolute atomic E-state index is 13.5. The molecule has 122 valence electrons. The second-order valence-corrected chi connectivity index (χ2v) is 6.16. The highest BCUT2D eigenvalue weighted by Gasteiger charge is 2.38.